The van der Waals surface area contributed by atoms with Gasteiger partial charge in [0.1, 0.15) is 12.4 Å². The van der Waals surface area contributed by atoms with E-state index in [-0.39, 0.29) is 11.6 Å². The number of nitro groups is 1. The Bertz CT molecular complexity index is 508. The fourth-order valence-electron chi connectivity index (χ4n) is 2.67. The molecule has 0 radical (unpaired) electrons. The predicted octanol–water partition coefficient (Wildman–Crippen LogP) is 1.03. The van der Waals surface area contributed by atoms with Gasteiger partial charge in [0.25, 0.3) is 0 Å². The second kappa shape index (κ2) is 7.88. The fourth-order valence-corrected chi connectivity index (χ4v) is 2.67. The number of hydrogen-bond donors (Lipinski definition) is 1. The molecule has 122 valence electrons. The summed E-state index contributed by atoms with van der Waals surface area (Å²) in [5, 5.41) is 17.8. The van der Waals surface area contributed by atoms with Crippen LogP contribution in [-0.2, 0) is 11.3 Å². The molecule has 0 unspecified atom stereocenters. The van der Waals surface area contributed by atoms with Gasteiger partial charge in [0.05, 0.1) is 4.92 Å². The Labute approximate surface area is 129 Å². The summed E-state index contributed by atoms with van der Waals surface area (Å²) >= 11 is 0. The summed E-state index contributed by atoms with van der Waals surface area (Å²) in [6, 6.07) is 0. The van der Waals surface area contributed by atoms with E-state index in [1.54, 1.807) is 0 Å². The molecule has 0 atom stereocenters. The van der Waals surface area contributed by atoms with Crippen molar-refractivity contribution in [2.24, 2.45) is 5.92 Å². The predicted molar refractivity (Wildman–Crippen MR) is 81.3 cm³/mol. The van der Waals surface area contributed by atoms with Crippen LogP contribution in [0, 0.1) is 16.0 Å². The van der Waals surface area contributed by atoms with Crippen LogP contribution in [0.2, 0.25) is 0 Å². The number of aromatic nitrogens is 2. The van der Waals surface area contributed by atoms with Crippen molar-refractivity contribution in [1.82, 2.24) is 20.0 Å². The smallest absolute Gasteiger partial charge is 0.306 e. The highest BCUT2D eigenvalue weighted by Gasteiger charge is 2.22. The zero-order chi connectivity index (χ0) is 15.9. The van der Waals surface area contributed by atoms with E-state index < -0.39 is 4.92 Å². The van der Waals surface area contributed by atoms with Crippen LogP contribution in [0.15, 0.2) is 12.4 Å². The summed E-state index contributed by atoms with van der Waals surface area (Å²) in [6.07, 6.45) is 4.96. The van der Waals surface area contributed by atoms with E-state index in [0.717, 1.165) is 39.0 Å². The third-order valence-electron chi connectivity index (χ3n) is 4.04. The summed E-state index contributed by atoms with van der Waals surface area (Å²) in [5.41, 5.74) is -0.0447. The molecule has 1 aromatic rings. The number of piperidine rings is 1. The van der Waals surface area contributed by atoms with Crippen molar-refractivity contribution in [3.8, 4) is 0 Å². The summed E-state index contributed by atoms with van der Waals surface area (Å²) in [7, 11) is 0. The number of carbonyl (C=O) groups is 1. The van der Waals surface area contributed by atoms with Gasteiger partial charge in [-0.25, -0.2) is 0 Å². The fraction of sp³-hybridized carbons (Fsp3) is 0.714. The molecule has 2 rings (SSSR count). The van der Waals surface area contributed by atoms with Gasteiger partial charge < -0.3 is 10.2 Å². The van der Waals surface area contributed by atoms with Crippen LogP contribution in [0.3, 0.4) is 0 Å². The van der Waals surface area contributed by atoms with Crippen molar-refractivity contribution in [2.45, 2.75) is 32.7 Å². The highest BCUT2D eigenvalue weighted by molar-refractivity contribution is 5.76. The van der Waals surface area contributed by atoms with Crippen molar-refractivity contribution < 1.29 is 9.72 Å². The lowest BCUT2D eigenvalue weighted by Crippen LogP contribution is -2.41. The first-order valence-corrected chi connectivity index (χ1v) is 7.75. The Balaban J connectivity index is 1.72. The van der Waals surface area contributed by atoms with Crippen LogP contribution in [0.5, 0.6) is 0 Å². The van der Waals surface area contributed by atoms with E-state index in [9.17, 15) is 14.9 Å². The lowest BCUT2D eigenvalue weighted by Gasteiger charge is -2.32. The molecular formula is C14H23N5O3. The standard InChI is InChI=1S/C14H23N5O3/c1-2-15-9-12-3-6-17(7-4-12)14(20)5-8-18-11-13(10-16-18)19(21)22/h10-12,15H,2-9H2,1H3. The third-order valence-corrected chi connectivity index (χ3v) is 4.04. The second-order valence-electron chi connectivity index (χ2n) is 5.60. The molecule has 1 amide bonds. The monoisotopic (exact) mass is 309 g/mol. The lowest BCUT2D eigenvalue weighted by atomic mass is 9.96. The van der Waals surface area contributed by atoms with Gasteiger partial charge in [-0.3, -0.25) is 19.6 Å². The quantitative estimate of drug-likeness (QED) is 0.600. The van der Waals surface area contributed by atoms with Crippen LogP contribution in [0.1, 0.15) is 26.2 Å². The van der Waals surface area contributed by atoms with Gasteiger partial charge in [0.2, 0.25) is 5.91 Å². The molecule has 0 bridgehead atoms. The Hall–Kier alpha value is -1.96. The first kappa shape index (κ1) is 16.4. The van der Waals surface area contributed by atoms with Gasteiger partial charge in [-0.2, -0.15) is 5.10 Å². The van der Waals surface area contributed by atoms with Crippen molar-refractivity contribution in [3.63, 3.8) is 0 Å². The van der Waals surface area contributed by atoms with E-state index in [2.05, 4.69) is 17.3 Å². The third kappa shape index (κ3) is 4.52. The largest absolute Gasteiger partial charge is 0.343 e. The van der Waals surface area contributed by atoms with Crippen LogP contribution >= 0.6 is 0 Å². The van der Waals surface area contributed by atoms with E-state index in [0.29, 0.717) is 18.9 Å². The summed E-state index contributed by atoms with van der Waals surface area (Å²) in [6.45, 7) is 6.08. The van der Waals surface area contributed by atoms with E-state index in [1.807, 2.05) is 4.90 Å². The van der Waals surface area contributed by atoms with E-state index in [1.165, 1.54) is 17.1 Å². The lowest BCUT2D eigenvalue weighted by molar-refractivity contribution is -0.385. The Morgan fingerprint density at radius 2 is 2.23 bits per heavy atom. The number of nitrogens with zero attached hydrogens (tertiary/aromatic N) is 4. The first-order valence-electron chi connectivity index (χ1n) is 7.75. The molecule has 1 aromatic heterocycles. The Morgan fingerprint density at radius 1 is 1.50 bits per heavy atom. The minimum Gasteiger partial charge on any atom is -0.343 e. The van der Waals surface area contributed by atoms with Crippen LogP contribution < -0.4 is 5.32 Å². The van der Waals surface area contributed by atoms with Crippen molar-refractivity contribution >= 4 is 11.6 Å². The maximum absolute atomic E-state index is 12.2. The van der Waals surface area contributed by atoms with E-state index in [4.69, 9.17) is 0 Å². The van der Waals surface area contributed by atoms with Gasteiger partial charge >= 0.3 is 5.69 Å². The normalized spacial score (nSPS) is 16.0. The number of amides is 1. The highest BCUT2D eigenvalue weighted by Crippen LogP contribution is 2.17. The molecule has 0 aromatic carbocycles. The van der Waals surface area contributed by atoms with Gasteiger partial charge in [0.15, 0.2) is 0 Å². The van der Waals surface area contributed by atoms with Crippen molar-refractivity contribution in [3.05, 3.63) is 22.5 Å². The average Bonchev–Trinajstić information content (AvgIpc) is 3.00. The number of nitrogens with one attached hydrogen (secondary N) is 1. The van der Waals surface area contributed by atoms with Gasteiger partial charge in [-0.1, -0.05) is 6.92 Å². The maximum Gasteiger partial charge on any atom is 0.306 e. The zero-order valence-electron chi connectivity index (χ0n) is 12.9. The Morgan fingerprint density at radius 3 is 2.82 bits per heavy atom. The maximum atomic E-state index is 12.2. The summed E-state index contributed by atoms with van der Waals surface area (Å²) < 4.78 is 1.45. The van der Waals surface area contributed by atoms with Crippen LogP contribution in [0.25, 0.3) is 0 Å². The zero-order valence-corrected chi connectivity index (χ0v) is 12.9. The molecule has 1 fully saturated rings. The SMILES string of the molecule is CCNCC1CCN(C(=O)CCn2cc([N+](=O)[O-])cn2)CC1. The molecule has 1 N–H and O–H groups in total. The Kier molecular flexibility index (Phi) is 5.88. The molecule has 2 heterocycles. The van der Waals surface area contributed by atoms with Gasteiger partial charge in [0, 0.05) is 26.1 Å². The minimum absolute atomic E-state index is 0.0447. The minimum atomic E-state index is -0.486. The molecule has 22 heavy (non-hydrogen) atoms. The van der Waals surface area contributed by atoms with Crippen LogP contribution in [-0.4, -0.2) is 51.7 Å². The summed E-state index contributed by atoms with van der Waals surface area (Å²) in [4.78, 5) is 24.1. The average molecular weight is 309 g/mol. The topological polar surface area (TPSA) is 93.3 Å². The number of carbonyl (C=O) groups excluding carboxylic acids is 1. The van der Waals surface area contributed by atoms with Crippen molar-refractivity contribution in [2.75, 3.05) is 26.2 Å². The molecule has 8 heteroatoms. The highest BCUT2D eigenvalue weighted by atomic mass is 16.6. The molecular weight excluding hydrogens is 286 g/mol. The first-order chi connectivity index (χ1) is 10.6. The van der Waals surface area contributed by atoms with Crippen LogP contribution in [0.4, 0.5) is 5.69 Å². The summed E-state index contributed by atoms with van der Waals surface area (Å²) in [5.74, 6) is 0.748. The molecule has 8 nitrogen and oxygen atoms in total. The van der Waals surface area contributed by atoms with Gasteiger partial charge in [-0.05, 0) is 31.8 Å². The molecule has 0 aliphatic carbocycles. The number of hydrogen-bond acceptors (Lipinski definition) is 5. The molecule has 0 saturated carbocycles. The molecule has 1 saturated heterocycles. The van der Waals surface area contributed by atoms with E-state index >= 15 is 0 Å². The number of likely N-dealkylation sites (tertiary alicyclic amines) is 1. The van der Waals surface area contributed by atoms with Crippen molar-refractivity contribution in [1.29, 1.82) is 0 Å². The van der Waals surface area contributed by atoms with Gasteiger partial charge in [-0.15, -0.1) is 0 Å². The number of aryl methyl sites for hydroxylation is 1. The second-order valence-corrected chi connectivity index (χ2v) is 5.60. The molecule has 1 aliphatic rings. The molecule has 1 aliphatic heterocycles. The number of rotatable bonds is 7. The molecule has 0 spiro atoms.